The zero-order valence-corrected chi connectivity index (χ0v) is 31.3. The van der Waals surface area contributed by atoms with Gasteiger partial charge in [-0.1, -0.05) is 57.0 Å². The molecule has 9 heteroatoms. The molecule has 1 saturated carbocycles. The second kappa shape index (κ2) is 17.5. The van der Waals surface area contributed by atoms with Crippen molar-refractivity contribution in [2.45, 2.75) is 77.9 Å². The molecule has 1 amide bonds. The molecule has 1 N–H and O–H groups in total. The number of hydrogen-bond donors (Lipinski definition) is 1. The molecule has 1 saturated heterocycles. The van der Waals surface area contributed by atoms with Crippen molar-refractivity contribution < 1.29 is 13.7 Å². The van der Waals surface area contributed by atoms with Crippen molar-refractivity contribution >= 4 is 34.2 Å². The Hall–Kier alpha value is -2.39. The fraction of sp³-hybridized carbons (Fsp3) is 0.615. The number of allylic oxidation sites excluding steroid dienone is 1. The monoisotopic (exact) mass is 696 g/mol. The molecule has 5 unspecified atom stereocenters. The largest absolute Gasteiger partial charge is 0.491 e. The van der Waals surface area contributed by atoms with Gasteiger partial charge in [-0.3, -0.25) is 9.52 Å². The number of halogens is 1. The maximum absolute atomic E-state index is 13.2. The molecule has 2 aromatic carbocycles. The number of aryl methyl sites for hydroxylation is 1. The zero-order chi connectivity index (χ0) is 34.2. The Bertz CT molecular complexity index is 1430. The minimum absolute atomic E-state index is 0.158. The molecule has 0 aromatic heterocycles. The standard InChI is InChI=1S/C39H57ClN4O3S/c1-6-9-11-31(24-43-20-18-42(8-3)19-21-43)36-15-12-32(36)25-44-26-33(35-16-14-34(40)22-29(35)10-7-2)27-47-38-17-13-30(23-37(38)44)39(45)41-48(46)28(4)5/h9,11,13-14,16-17,22-23,28,31-33,36H,6-8,10,12,15,18-21,24-27H2,1-5H3,(H,41,45)/b11-9+. The van der Waals surface area contributed by atoms with E-state index in [4.69, 9.17) is 16.3 Å². The van der Waals surface area contributed by atoms with E-state index in [1.165, 1.54) is 24.0 Å². The number of nitrogens with one attached hydrogen (secondary N) is 1. The van der Waals surface area contributed by atoms with Gasteiger partial charge in [0.1, 0.15) is 16.7 Å². The second-order valence-corrected chi connectivity index (χ2v) is 16.4. The van der Waals surface area contributed by atoms with Gasteiger partial charge in [-0.05, 0) is 105 Å². The van der Waals surface area contributed by atoms with Gasteiger partial charge in [0.05, 0.1) is 12.3 Å². The van der Waals surface area contributed by atoms with Gasteiger partial charge in [0.15, 0.2) is 0 Å². The summed E-state index contributed by atoms with van der Waals surface area (Å²) in [5.74, 6) is 2.35. The summed E-state index contributed by atoms with van der Waals surface area (Å²) in [6.45, 7) is 19.5. The van der Waals surface area contributed by atoms with Crippen LogP contribution in [0.3, 0.4) is 0 Å². The van der Waals surface area contributed by atoms with Gasteiger partial charge in [-0.2, -0.15) is 0 Å². The second-order valence-electron chi connectivity index (χ2n) is 14.2. The lowest BCUT2D eigenvalue weighted by molar-refractivity contribution is 0.0756. The predicted octanol–water partition coefficient (Wildman–Crippen LogP) is 7.32. The molecule has 2 aromatic rings. The predicted molar refractivity (Wildman–Crippen MR) is 201 cm³/mol. The number of likely N-dealkylation sites (N-methyl/N-ethyl adjacent to an activating group) is 1. The van der Waals surface area contributed by atoms with Crippen LogP contribution in [0.1, 0.15) is 87.7 Å². The topological polar surface area (TPSA) is 65.1 Å². The number of ether oxygens (including phenoxy) is 1. The number of rotatable bonds is 14. The molecule has 0 spiro atoms. The number of hydrogen-bond acceptors (Lipinski definition) is 6. The lowest BCUT2D eigenvalue weighted by Crippen LogP contribution is -2.50. The first kappa shape index (κ1) is 36.9. The molecule has 1 aliphatic carbocycles. The molecule has 0 radical (unpaired) electrons. The summed E-state index contributed by atoms with van der Waals surface area (Å²) >= 11 is 6.48. The van der Waals surface area contributed by atoms with Gasteiger partial charge in [-0.25, -0.2) is 4.21 Å². The van der Waals surface area contributed by atoms with Crippen LogP contribution in [0.4, 0.5) is 5.69 Å². The van der Waals surface area contributed by atoms with Crippen LogP contribution < -0.4 is 14.4 Å². The Kier molecular flexibility index (Phi) is 13.5. The Morgan fingerprint density at radius 1 is 1.06 bits per heavy atom. The molecule has 5 atom stereocenters. The number of amides is 1. The highest BCUT2D eigenvalue weighted by Crippen LogP contribution is 2.44. The zero-order valence-electron chi connectivity index (χ0n) is 29.8. The smallest absolute Gasteiger partial charge is 0.263 e. The van der Waals surface area contributed by atoms with Gasteiger partial charge in [-0.15, -0.1) is 0 Å². The van der Waals surface area contributed by atoms with Crippen molar-refractivity contribution in [2.75, 3.05) is 63.9 Å². The number of fused-ring (bicyclic) bond motifs is 1. The highest BCUT2D eigenvalue weighted by atomic mass is 35.5. The summed E-state index contributed by atoms with van der Waals surface area (Å²) in [4.78, 5) is 21.0. The van der Waals surface area contributed by atoms with Crippen LogP contribution in [-0.4, -0.2) is 84.1 Å². The first-order valence-corrected chi connectivity index (χ1v) is 19.9. The summed E-state index contributed by atoms with van der Waals surface area (Å²) in [6, 6.07) is 12.0. The molecular formula is C39H57ClN4O3S. The molecule has 7 nitrogen and oxygen atoms in total. The lowest BCUT2D eigenvalue weighted by atomic mass is 9.66. The minimum atomic E-state index is -1.44. The van der Waals surface area contributed by atoms with Crippen molar-refractivity contribution in [3.8, 4) is 5.75 Å². The van der Waals surface area contributed by atoms with Gasteiger partial charge in [0.25, 0.3) is 5.91 Å². The molecular weight excluding hydrogens is 640 g/mol. The third-order valence-electron chi connectivity index (χ3n) is 10.6. The highest BCUT2D eigenvalue weighted by molar-refractivity contribution is 7.84. The van der Waals surface area contributed by atoms with Crippen molar-refractivity contribution in [3.05, 3.63) is 70.3 Å². The number of carbonyl (C=O) groups excluding carboxylic acids is 1. The molecule has 264 valence electrons. The SMILES string of the molecule is CC/C=C/C(CN1CCN(CC)CC1)C1CCC1CN1CC(c2ccc(Cl)cc2CCC)COc2ccc(C(=O)NS(=O)C(C)C)cc21. The number of piperazine rings is 1. The Labute approximate surface area is 297 Å². The lowest BCUT2D eigenvalue weighted by Gasteiger charge is -2.46. The Morgan fingerprint density at radius 2 is 1.83 bits per heavy atom. The molecule has 2 heterocycles. The number of nitrogens with zero attached hydrogens (tertiary/aromatic N) is 3. The van der Waals surface area contributed by atoms with E-state index in [2.05, 4.69) is 64.5 Å². The van der Waals surface area contributed by atoms with E-state index in [9.17, 15) is 9.00 Å². The summed E-state index contributed by atoms with van der Waals surface area (Å²) in [6.07, 6.45) is 10.4. The van der Waals surface area contributed by atoms with Crippen LogP contribution in [0.2, 0.25) is 5.02 Å². The maximum atomic E-state index is 13.2. The fourth-order valence-corrected chi connectivity index (χ4v) is 8.36. The minimum Gasteiger partial charge on any atom is -0.491 e. The first-order chi connectivity index (χ1) is 23.2. The van der Waals surface area contributed by atoms with Gasteiger partial charge >= 0.3 is 0 Å². The molecule has 5 rings (SSSR count). The van der Waals surface area contributed by atoms with Gasteiger partial charge in [0, 0.05) is 67.6 Å². The van der Waals surface area contributed by atoms with Crippen LogP contribution in [-0.2, 0) is 17.4 Å². The molecule has 2 aliphatic heterocycles. The van der Waals surface area contributed by atoms with E-state index < -0.39 is 11.0 Å². The third kappa shape index (κ3) is 9.23. The average molecular weight is 697 g/mol. The van der Waals surface area contributed by atoms with E-state index >= 15 is 0 Å². The summed E-state index contributed by atoms with van der Waals surface area (Å²) in [5, 5.41) is 0.610. The van der Waals surface area contributed by atoms with Crippen molar-refractivity contribution in [2.24, 2.45) is 17.8 Å². The van der Waals surface area contributed by atoms with Crippen molar-refractivity contribution in [1.29, 1.82) is 0 Å². The van der Waals surface area contributed by atoms with E-state index in [1.807, 2.05) is 32.0 Å². The van der Waals surface area contributed by atoms with E-state index in [0.29, 0.717) is 29.9 Å². The Morgan fingerprint density at radius 3 is 2.50 bits per heavy atom. The van der Waals surface area contributed by atoms with E-state index in [1.54, 1.807) is 6.07 Å². The van der Waals surface area contributed by atoms with Crippen molar-refractivity contribution in [1.82, 2.24) is 14.5 Å². The number of carbonyl (C=O) groups is 1. The van der Waals surface area contributed by atoms with Crippen LogP contribution in [0, 0.1) is 17.8 Å². The number of anilines is 1. The van der Waals surface area contributed by atoms with Crippen LogP contribution in [0.5, 0.6) is 5.75 Å². The molecule has 48 heavy (non-hydrogen) atoms. The van der Waals surface area contributed by atoms with Crippen LogP contribution >= 0.6 is 11.6 Å². The molecule has 0 bridgehead atoms. The summed E-state index contributed by atoms with van der Waals surface area (Å²) in [7, 11) is -1.44. The van der Waals surface area contributed by atoms with Crippen LogP contribution in [0.15, 0.2) is 48.6 Å². The Balaban J connectivity index is 1.42. The summed E-state index contributed by atoms with van der Waals surface area (Å²) < 4.78 is 21.8. The van der Waals surface area contributed by atoms with Gasteiger partial charge < -0.3 is 19.4 Å². The summed E-state index contributed by atoms with van der Waals surface area (Å²) in [5.41, 5.74) is 4.04. The van der Waals surface area contributed by atoms with E-state index in [0.717, 1.165) is 88.1 Å². The number of benzene rings is 2. The molecule has 3 aliphatic rings. The first-order valence-electron chi connectivity index (χ1n) is 18.3. The van der Waals surface area contributed by atoms with Gasteiger partial charge in [0.2, 0.25) is 0 Å². The average Bonchev–Trinajstić information content (AvgIpc) is 3.25. The third-order valence-corrected chi connectivity index (χ3v) is 12.1. The quantitative estimate of drug-likeness (QED) is 0.209. The molecule has 2 fully saturated rings. The van der Waals surface area contributed by atoms with E-state index in [-0.39, 0.29) is 17.1 Å². The fourth-order valence-electron chi connectivity index (χ4n) is 7.63. The van der Waals surface area contributed by atoms with Crippen molar-refractivity contribution in [3.63, 3.8) is 0 Å². The maximum Gasteiger partial charge on any atom is 0.263 e. The normalized spacial score (nSPS) is 23.3. The highest BCUT2D eigenvalue weighted by Gasteiger charge is 2.39. The van der Waals surface area contributed by atoms with Crippen LogP contribution in [0.25, 0.3) is 0 Å².